The molecule has 3 rings (SSSR count). The van der Waals surface area contributed by atoms with E-state index in [2.05, 4.69) is 19.9 Å². The van der Waals surface area contributed by atoms with E-state index in [9.17, 15) is 9.90 Å². The number of fused-ring (bicyclic) bond motifs is 3. The van der Waals surface area contributed by atoms with Crippen LogP contribution in [0.5, 0.6) is 5.75 Å². The number of Topliss-reactive ketones (excluding diaryl/α,β-unsaturated/α-hetero) is 1. The first-order chi connectivity index (χ1) is 8.45. The van der Waals surface area contributed by atoms with Crippen LogP contribution in [-0.2, 0) is 16.6 Å². The molecule has 2 aliphatic rings. The van der Waals surface area contributed by atoms with Crippen LogP contribution in [0.1, 0.15) is 50.7 Å². The highest BCUT2D eigenvalue weighted by Crippen LogP contribution is 2.57. The topological polar surface area (TPSA) is 37.3 Å². The molecule has 2 aliphatic carbocycles. The average Bonchev–Trinajstić information content (AvgIpc) is 2.31. The molecule has 2 atom stereocenters. The van der Waals surface area contributed by atoms with Gasteiger partial charge in [0.15, 0.2) is 0 Å². The molecule has 0 saturated heterocycles. The summed E-state index contributed by atoms with van der Waals surface area (Å²) in [6.07, 6.45) is 4.38. The molecule has 0 radical (unpaired) electrons. The Hall–Kier alpha value is -1.31. The smallest absolute Gasteiger partial charge is 0.133 e. The summed E-state index contributed by atoms with van der Waals surface area (Å²) in [7, 11) is 0. The molecule has 96 valence electrons. The summed E-state index contributed by atoms with van der Waals surface area (Å²) < 4.78 is 0. The van der Waals surface area contributed by atoms with Gasteiger partial charge in [0.05, 0.1) is 0 Å². The van der Waals surface area contributed by atoms with Crippen LogP contribution in [0.3, 0.4) is 0 Å². The van der Waals surface area contributed by atoms with E-state index in [1.54, 1.807) is 6.07 Å². The van der Waals surface area contributed by atoms with Crippen molar-refractivity contribution in [2.75, 3.05) is 0 Å². The van der Waals surface area contributed by atoms with Crippen molar-refractivity contribution in [2.45, 2.75) is 51.4 Å². The second-order valence-corrected chi connectivity index (χ2v) is 6.45. The summed E-state index contributed by atoms with van der Waals surface area (Å²) in [5.41, 5.74) is 2.79. The van der Waals surface area contributed by atoms with E-state index in [0.717, 1.165) is 19.3 Å². The molecule has 1 N–H and O–H groups in total. The molecule has 1 aromatic rings. The molecule has 2 heteroatoms. The van der Waals surface area contributed by atoms with Crippen LogP contribution in [0.2, 0.25) is 0 Å². The molecule has 0 amide bonds. The van der Waals surface area contributed by atoms with Gasteiger partial charge in [0, 0.05) is 12.8 Å². The zero-order valence-corrected chi connectivity index (χ0v) is 11.1. The largest absolute Gasteiger partial charge is 0.508 e. The summed E-state index contributed by atoms with van der Waals surface area (Å²) in [4.78, 5) is 11.8. The van der Waals surface area contributed by atoms with Crippen LogP contribution >= 0.6 is 0 Å². The lowest BCUT2D eigenvalue weighted by atomic mass is 9.50. The molecular formula is C16H20O2. The number of carbonyl (C=O) groups is 1. The minimum absolute atomic E-state index is 0.0855. The first kappa shape index (κ1) is 11.8. The quantitative estimate of drug-likeness (QED) is 0.760. The van der Waals surface area contributed by atoms with Crippen LogP contribution in [0.4, 0.5) is 0 Å². The van der Waals surface area contributed by atoms with Crippen molar-refractivity contribution in [3.8, 4) is 5.75 Å². The van der Waals surface area contributed by atoms with Crippen molar-refractivity contribution < 1.29 is 9.90 Å². The first-order valence-electron chi connectivity index (χ1n) is 6.79. The van der Waals surface area contributed by atoms with Crippen LogP contribution in [0.15, 0.2) is 18.2 Å². The lowest BCUT2D eigenvalue weighted by molar-refractivity contribution is -0.127. The number of aryl methyl sites for hydroxylation is 1. The number of hydrogen-bond donors (Lipinski definition) is 1. The van der Waals surface area contributed by atoms with Gasteiger partial charge in [-0.2, -0.15) is 0 Å². The molecule has 1 fully saturated rings. The number of phenols is 1. The Morgan fingerprint density at radius 2 is 1.94 bits per heavy atom. The Morgan fingerprint density at radius 1 is 1.17 bits per heavy atom. The number of rotatable bonds is 0. The summed E-state index contributed by atoms with van der Waals surface area (Å²) in [5, 5.41) is 9.62. The maximum atomic E-state index is 11.8. The van der Waals surface area contributed by atoms with Gasteiger partial charge in [-0.3, -0.25) is 4.79 Å². The Kier molecular flexibility index (Phi) is 2.35. The van der Waals surface area contributed by atoms with E-state index in [1.165, 1.54) is 11.1 Å². The zero-order valence-electron chi connectivity index (χ0n) is 11.1. The standard InChI is InChI=1S/C16H20O2/c1-15-7-5-11-9-12(17)3-4-14(11)16(15,2)8-6-13(18)10-15/h3-4,9,17H,5-8,10H2,1-2H3/t15-,16+/m1/s1. The van der Waals surface area contributed by atoms with E-state index < -0.39 is 0 Å². The van der Waals surface area contributed by atoms with Crippen LogP contribution in [0.25, 0.3) is 0 Å². The fraction of sp³-hybridized carbons (Fsp3) is 0.562. The third-order valence-corrected chi connectivity index (χ3v) is 5.45. The Labute approximate surface area is 108 Å². The Morgan fingerprint density at radius 3 is 2.72 bits per heavy atom. The number of benzene rings is 1. The monoisotopic (exact) mass is 244 g/mol. The van der Waals surface area contributed by atoms with Gasteiger partial charge in [-0.15, -0.1) is 0 Å². The number of aromatic hydroxyl groups is 1. The van der Waals surface area contributed by atoms with Crippen molar-refractivity contribution in [1.82, 2.24) is 0 Å². The third kappa shape index (κ3) is 1.44. The second kappa shape index (κ2) is 3.59. The van der Waals surface area contributed by atoms with Crippen molar-refractivity contribution in [1.29, 1.82) is 0 Å². The summed E-state index contributed by atoms with van der Waals surface area (Å²) >= 11 is 0. The highest BCUT2D eigenvalue weighted by atomic mass is 16.3. The van der Waals surface area contributed by atoms with Gasteiger partial charge in [-0.25, -0.2) is 0 Å². The summed E-state index contributed by atoms with van der Waals surface area (Å²) in [6, 6.07) is 5.75. The predicted molar refractivity (Wildman–Crippen MR) is 70.7 cm³/mol. The maximum Gasteiger partial charge on any atom is 0.133 e. The zero-order chi connectivity index (χ0) is 13.0. The van der Waals surface area contributed by atoms with Crippen LogP contribution < -0.4 is 0 Å². The fourth-order valence-corrected chi connectivity index (χ4v) is 3.97. The summed E-state index contributed by atoms with van der Waals surface area (Å²) in [6.45, 7) is 4.56. The van der Waals surface area contributed by atoms with Crippen LogP contribution in [0, 0.1) is 5.41 Å². The Bertz CT molecular complexity index is 520. The molecule has 0 unspecified atom stereocenters. The van der Waals surface area contributed by atoms with E-state index in [-0.39, 0.29) is 10.8 Å². The molecular weight excluding hydrogens is 224 g/mol. The highest BCUT2D eigenvalue weighted by Gasteiger charge is 2.52. The van der Waals surface area contributed by atoms with E-state index in [0.29, 0.717) is 24.4 Å². The normalized spacial score (nSPS) is 34.9. The molecule has 1 aromatic carbocycles. The van der Waals surface area contributed by atoms with Gasteiger partial charge in [-0.1, -0.05) is 19.9 Å². The SMILES string of the molecule is C[C@]12CCc3cc(O)ccc3[C@]1(C)CCC(=O)C2. The molecule has 0 bridgehead atoms. The van der Waals surface area contributed by atoms with E-state index in [1.807, 2.05) is 6.07 Å². The first-order valence-corrected chi connectivity index (χ1v) is 6.79. The molecule has 1 saturated carbocycles. The summed E-state index contributed by atoms with van der Waals surface area (Å²) in [5.74, 6) is 0.769. The van der Waals surface area contributed by atoms with Crippen molar-refractivity contribution in [3.63, 3.8) is 0 Å². The lowest BCUT2D eigenvalue weighted by Crippen LogP contribution is -2.49. The van der Waals surface area contributed by atoms with Gasteiger partial charge < -0.3 is 5.11 Å². The van der Waals surface area contributed by atoms with Crippen molar-refractivity contribution in [2.24, 2.45) is 5.41 Å². The highest BCUT2D eigenvalue weighted by molar-refractivity contribution is 5.81. The molecule has 0 spiro atoms. The van der Waals surface area contributed by atoms with Gasteiger partial charge in [0.2, 0.25) is 0 Å². The lowest BCUT2D eigenvalue weighted by Gasteiger charge is -2.53. The average molecular weight is 244 g/mol. The van der Waals surface area contributed by atoms with Gasteiger partial charge >= 0.3 is 0 Å². The van der Waals surface area contributed by atoms with E-state index >= 15 is 0 Å². The van der Waals surface area contributed by atoms with Gasteiger partial charge in [0.25, 0.3) is 0 Å². The number of carbonyl (C=O) groups excluding carboxylic acids is 1. The van der Waals surface area contributed by atoms with Gasteiger partial charge in [0.1, 0.15) is 11.5 Å². The molecule has 0 aromatic heterocycles. The molecule has 0 heterocycles. The number of ketones is 1. The minimum Gasteiger partial charge on any atom is -0.508 e. The third-order valence-electron chi connectivity index (χ3n) is 5.45. The fourth-order valence-electron chi connectivity index (χ4n) is 3.97. The number of hydrogen-bond acceptors (Lipinski definition) is 2. The van der Waals surface area contributed by atoms with Crippen molar-refractivity contribution in [3.05, 3.63) is 29.3 Å². The minimum atomic E-state index is 0.0855. The number of phenolic OH excluding ortho intramolecular Hbond substituents is 1. The van der Waals surface area contributed by atoms with Crippen molar-refractivity contribution >= 4 is 5.78 Å². The van der Waals surface area contributed by atoms with Crippen LogP contribution in [-0.4, -0.2) is 10.9 Å². The van der Waals surface area contributed by atoms with Gasteiger partial charge in [-0.05, 0) is 53.4 Å². The molecule has 0 aliphatic heterocycles. The van der Waals surface area contributed by atoms with E-state index in [4.69, 9.17) is 0 Å². The maximum absolute atomic E-state index is 11.8. The second-order valence-electron chi connectivity index (χ2n) is 6.45. The molecule has 2 nitrogen and oxygen atoms in total. The molecule has 18 heavy (non-hydrogen) atoms. The predicted octanol–water partition coefficient (Wildman–Crippen LogP) is 3.36. The Balaban J connectivity index is 2.14.